The number of nitrogens with zero attached hydrogens (tertiary/aromatic N) is 1. The number of carbonyl (C=O) groups is 1. The number of aryl methyl sites for hydroxylation is 1. The number of aromatic nitrogens is 2. The highest BCUT2D eigenvalue weighted by atomic mass is 19.4. The quantitative estimate of drug-likeness (QED) is 0.799. The van der Waals surface area contributed by atoms with Crippen LogP contribution < -0.4 is 16.4 Å². The average molecular weight is 383 g/mol. The first kappa shape index (κ1) is 19.2. The van der Waals surface area contributed by atoms with E-state index in [-0.39, 0.29) is 18.4 Å². The maximum atomic E-state index is 12.9. The minimum Gasteiger partial charge on any atom is -0.349 e. The lowest BCUT2D eigenvalue weighted by atomic mass is 9.85. The topological polar surface area (TPSA) is 84.0 Å². The van der Waals surface area contributed by atoms with Crippen LogP contribution in [0.5, 0.6) is 0 Å². The molecule has 1 heterocycles. The highest BCUT2D eigenvalue weighted by Gasteiger charge is 2.42. The number of H-pyrrole nitrogens is 1. The average Bonchev–Trinajstić information content (AvgIpc) is 2.62. The molecule has 146 valence electrons. The van der Waals surface area contributed by atoms with Gasteiger partial charge >= 0.3 is 17.3 Å². The first-order valence-corrected chi connectivity index (χ1v) is 8.85. The molecule has 0 saturated heterocycles. The Morgan fingerprint density at radius 3 is 2.70 bits per heavy atom. The third-order valence-electron chi connectivity index (χ3n) is 5.03. The van der Waals surface area contributed by atoms with E-state index < -0.39 is 35.2 Å². The monoisotopic (exact) mass is 383 g/mol. The molecule has 1 aliphatic rings. The van der Waals surface area contributed by atoms with Crippen LogP contribution in [0.2, 0.25) is 0 Å². The van der Waals surface area contributed by atoms with Gasteiger partial charge in [-0.15, -0.1) is 0 Å². The van der Waals surface area contributed by atoms with Crippen molar-refractivity contribution in [3.05, 3.63) is 44.5 Å². The summed E-state index contributed by atoms with van der Waals surface area (Å²) >= 11 is 0. The normalized spacial score (nSPS) is 20.6. The van der Waals surface area contributed by atoms with Crippen LogP contribution in [0.25, 0.3) is 11.0 Å². The van der Waals surface area contributed by atoms with Crippen molar-refractivity contribution in [2.75, 3.05) is 0 Å². The van der Waals surface area contributed by atoms with Crippen LogP contribution in [-0.2, 0) is 6.54 Å². The summed E-state index contributed by atoms with van der Waals surface area (Å²) < 4.78 is 40.0. The molecule has 0 spiro atoms. The fourth-order valence-corrected chi connectivity index (χ4v) is 3.62. The minimum absolute atomic E-state index is 0.0849. The summed E-state index contributed by atoms with van der Waals surface area (Å²) in [4.78, 5) is 38.5. The van der Waals surface area contributed by atoms with Crippen molar-refractivity contribution in [3.63, 3.8) is 0 Å². The molecule has 1 amide bonds. The predicted molar refractivity (Wildman–Crippen MR) is 93.8 cm³/mol. The number of rotatable bonds is 3. The Morgan fingerprint density at radius 1 is 1.30 bits per heavy atom. The third kappa shape index (κ3) is 3.91. The van der Waals surface area contributed by atoms with Gasteiger partial charge in [-0.05, 0) is 44.4 Å². The second-order valence-corrected chi connectivity index (χ2v) is 6.81. The zero-order valence-corrected chi connectivity index (χ0v) is 14.7. The Morgan fingerprint density at radius 2 is 2.04 bits per heavy atom. The first-order valence-electron chi connectivity index (χ1n) is 8.85. The summed E-state index contributed by atoms with van der Waals surface area (Å²) in [7, 11) is 0. The Kier molecular flexibility index (Phi) is 5.12. The van der Waals surface area contributed by atoms with Crippen molar-refractivity contribution in [2.45, 2.75) is 51.4 Å². The van der Waals surface area contributed by atoms with E-state index in [4.69, 9.17) is 0 Å². The van der Waals surface area contributed by atoms with Crippen molar-refractivity contribution in [2.24, 2.45) is 5.92 Å². The molecule has 1 aromatic carbocycles. The number of benzene rings is 1. The number of fused-ring (bicyclic) bond motifs is 1. The number of halogens is 3. The molecule has 1 fully saturated rings. The molecule has 3 rings (SSSR count). The van der Waals surface area contributed by atoms with Crippen LogP contribution in [0, 0.1) is 5.92 Å². The maximum Gasteiger partial charge on any atom is 0.391 e. The second-order valence-electron chi connectivity index (χ2n) is 6.81. The molecule has 0 bridgehead atoms. The van der Waals surface area contributed by atoms with Gasteiger partial charge in [-0.25, -0.2) is 0 Å². The van der Waals surface area contributed by atoms with Crippen molar-refractivity contribution in [3.8, 4) is 0 Å². The van der Waals surface area contributed by atoms with Crippen LogP contribution in [-0.4, -0.2) is 27.7 Å². The molecule has 1 aliphatic carbocycles. The molecule has 1 saturated carbocycles. The number of alkyl halides is 3. The van der Waals surface area contributed by atoms with E-state index in [0.29, 0.717) is 30.4 Å². The summed E-state index contributed by atoms with van der Waals surface area (Å²) in [5.41, 5.74) is -0.447. The van der Waals surface area contributed by atoms with Crippen molar-refractivity contribution >= 4 is 16.9 Å². The van der Waals surface area contributed by atoms with Gasteiger partial charge in [0.25, 0.3) is 5.91 Å². The van der Waals surface area contributed by atoms with Crippen LogP contribution in [0.3, 0.4) is 0 Å². The molecule has 2 atom stereocenters. The van der Waals surface area contributed by atoms with E-state index in [0.717, 1.165) is 0 Å². The molecule has 6 nitrogen and oxygen atoms in total. The van der Waals surface area contributed by atoms with Gasteiger partial charge in [0.2, 0.25) is 0 Å². The number of amides is 1. The van der Waals surface area contributed by atoms with Gasteiger partial charge in [0.15, 0.2) is 0 Å². The fraction of sp³-hybridized carbons (Fsp3) is 0.500. The zero-order chi connectivity index (χ0) is 19.8. The van der Waals surface area contributed by atoms with Crippen molar-refractivity contribution < 1.29 is 18.0 Å². The first-order chi connectivity index (χ1) is 12.7. The molecule has 0 radical (unpaired) electrons. The summed E-state index contributed by atoms with van der Waals surface area (Å²) in [5.74, 6) is -1.90. The number of hydrogen-bond donors (Lipinski definition) is 2. The van der Waals surface area contributed by atoms with Gasteiger partial charge in [-0.1, -0.05) is 6.42 Å². The standard InChI is InChI=1S/C18H20F3N3O3/c1-2-24-14-7-6-10(8-13(14)23-16(26)17(24)27)15(25)22-12-5-3-4-11(9-12)18(19,20)21/h6-8,11-12H,2-5,9H2,1H3,(H,22,25)(H,23,26)/t11-,12+/m0/s1. The van der Waals surface area contributed by atoms with Crippen molar-refractivity contribution in [1.29, 1.82) is 0 Å². The molecular weight excluding hydrogens is 363 g/mol. The summed E-state index contributed by atoms with van der Waals surface area (Å²) in [5, 5.41) is 2.66. The summed E-state index contributed by atoms with van der Waals surface area (Å²) in [6, 6.07) is 3.93. The Hall–Kier alpha value is -2.58. The molecule has 0 unspecified atom stereocenters. The van der Waals surface area contributed by atoms with Crippen LogP contribution in [0.15, 0.2) is 27.8 Å². The Labute approximate surface area is 152 Å². The molecule has 9 heteroatoms. The number of hydrogen-bond acceptors (Lipinski definition) is 3. The highest BCUT2D eigenvalue weighted by molar-refractivity contribution is 5.97. The summed E-state index contributed by atoms with van der Waals surface area (Å²) in [6.07, 6.45) is -3.40. The maximum absolute atomic E-state index is 12.9. The molecule has 2 aromatic rings. The fourth-order valence-electron chi connectivity index (χ4n) is 3.62. The number of nitrogens with one attached hydrogen (secondary N) is 2. The van der Waals surface area contributed by atoms with Gasteiger partial charge in [-0.2, -0.15) is 13.2 Å². The van der Waals surface area contributed by atoms with E-state index in [1.54, 1.807) is 13.0 Å². The highest BCUT2D eigenvalue weighted by Crippen LogP contribution is 2.37. The molecular formula is C18H20F3N3O3. The van der Waals surface area contributed by atoms with E-state index in [9.17, 15) is 27.6 Å². The van der Waals surface area contributed by atoms with E-state index >= 15 is 0 Å². The minimum atomic E-state index is -4.25. The van der Waals surface area contributed by atoms with Crippen LogP contribution in [0.1, 0.15) is 43.0 Å². The Bertz CT molecular complexity index is 978. The SMILES string of the molecule is CCn1c(=O)c(=O)[nH]c2cc(C(=O)N[C@@H]3CCC[C@H](C(F)(F)F)C3)ccc21. The van der Waals surface area contributed by atoms with Gasteiger partial charge in [0.05, 0.1) is 17.0 Å². The largest absolute Gasteiger partial charge is 0.391 e. The van der Waals surface area contributed by atoms with E-state index in [2.05, 4.69) is 10.3 Å². The van der Waals surface area contributed by atoms with E-state index in [1.807, 2.05) is 0 Å². The lowest BCUT2D eigenvalue weighted by Crippen LogP contribution is -2.41. The zero-order valence-electron chi connectivity index (χ0n) is 14.7. The van der Waals surface area contributed by atoms with Crippen LogP contribution >= 0.6 is 0 Å². The molecule has 1 aromatic heterocycles. The van der Waals surface area contributed by atoms with E-state index in [1.165, 1.54) is 16.7 Å². The lowest BCUT2D eigenvalue weighted by molar-refractivity contribution is -0.183. The predicted octanol–water partition coefficient (Wildman–Crippen LogP) is 2.56. The molecule has 2 N–H and O–H groups in total. The second kappa shape index (κ2) is 7.21. The van der Waals surface area contributed by atoms with Gasteiger partial charge in [-0.3, -0.25) is 14.4 Å². The molecule has 0 aliphatic heterocycles. The third-order valence-corrected chi connectivity index (χ3v) is 5.03. The van der Waals surface area contributed by atoms with Gasteiger partial charge in [0, 0.05) is 18.2 Å². The Balaban J connectivity index is 1.83. The molecule has 27 heavy (non-hydrogen) atoms. The smallest absolute Gasteiger partial charge is 0.349 e. The number of aromatic amines is 1. The van der Waals surface area contributed by atoms with Gasteiger partial charge in [0.1, 0.15) is 0 Å². The van der Waals surface area contributed by atoms with Gasteiger partial charge < -0.3 is 14.9 Å². The van der Waals surface area contributed by atoms with Crippen molar-refractivity contribution in [1.82, 2.24) is 14.9 Å². The lowest BCUT2D eigenvalue weighted by Gasteiger charge is -2.31. The summed E-state index contributed by atoms with van der Waals surface area (Å²) in [6.45, 7) is 2.02. The number of carbonyl (C=O) groups excluding carboxylic acids is 1. The van der Waals surface area contributed by atoms with Crippen LogP contribution in [0.4, 0.5) is 13.2 Å².